The van der Waals surface area contributed by atoms with Crippen LogP contribution in [0.15, 0.2) is 0 Å². The lowest BCUT2D eigenvalue weighted by Crippen LogP contribution is -2.49. The van der Waals surface area contributed by atoms with Gasteiger partial charge < -0.3 is 20.4 Å². The molecular weight excluding hydrogens is 460 g/mol. The monoisotopic (exact) mass is 502 g/mol. The lowest BCUT2D eigenvalue weighted by Gasteiger charge is -2.33. The molecule has 1 heterocycles. The van der Waals surface area contributed by atoms with Crippen LogP contribution in [0.25, 0.3) is 0 Å². The van der Waals surface area contributed by atoms with Crippen molar-refractivity contribution >= 4 is 23.9 Å². The van der Waals surface area contributed by atoms with Crippen molar-refractivity contribution in [3.8, 4) is 0 Å². The van der Waals surface area contributed by atoms with Gasteiger partial charge in [0.2, 0.25) is 0 Å². The van der Waals surface area contributed by atoms with Gasteiger partial charge in [0, 0.05) is 39.3 Å². The van der Waals surface area contributed by atoms with E-state index >= 15 is 0 Å². The van der Waals surface area contributed by atoms with Crippen LogP contribution < -0.4 is 0 Å². The fraction of sp³-hybridized carbons (Fsp3) is 0.826. The molecular formula is C23H42N4O8. The second-order valence-electron chi connectivity index (χ2n) is 9.26. The van der Waals surface area contributed by atoms with E-state index < -0.39 is 48.0 Å². The van der Waals surface area contributed by atoms with Gasteiger partial charge in [0.05, 0.1) is 0 Å². The van der Waals surface area contributed by atoms with E-state index in [2.05, 4.69) is 0 Å². The predicted molar refractivity (Wildman–Crippen MR) is 129 cm³/mol. The maximum Gasteiger partial charge on any atom is 0.320 e. The van der Waals surface area contributed by atoms with Gasteiger partial charge in [0.15, 0.2) is 0 Å². The zero-order valence-electron chi connectivity index (χ0n) is 21.3. The smallest absolute Gasteiger partial charge is 0.320 e. The van der Waals surface area contributed by atoms with Crippen molar-refractivity contribution in [2.45, 2.75) is 71.1 Å². The van der Waals surface area contributed by atoms with Gasteiger partial charge in [0.1, 0.15) is 24.2 Å². The fourth-order valence-corrected chi connectivity index (χ4v) is 4.24. The van der Waals surface area contributed by atoms with Crippen LogP contribution in [-0.4, -0.2) is 140 Å². The minimum absolute atomic E-state index is 0.363. The number of aliphatic carboxylic acids is 4. The highest BCUT2D eigenvalue weighted by Gasteiger charge is 2.28. The largest absolute Gasteiger partial charge is 0.480 e. The third kappa shape index (κ3) is 10.1. The molecule has 0 amide bonds. The fourth-order valence-electron chi connectivity index (χ4n) is 4.24. The summed E-state index contributed by atoms with van der Waals surface area (Å²) >= 11 is 0. The first-order chi connectivity index (χ1) is 16.4. The first-order valence-electron chi connectivity index (χ1n) is 12.2. The Balaban J connectivity index is 3.16. The van der Waals surface area contributed by atoms with Gasteiger partial charge in [-0.15, -0.1) is 0 Å². The molecule has 4 atom stereocenters. The van der Waals surface area contributed by atoms with E-state index in [4.69, 9.17) is 0 Å². The number of hydrogen-bond acceptors (Lipinski definition) is 8. The van der Waals surface area contributed by atoms with E-state index in [0.717, 1.165) is 0 Å². The molecule has 0 bridgehead atoms. The normalized spacial score (nSPS) is 22.7. The summed E-state index contributed by atoms with van der Waals surface area (Å²) in [5.41, 5.74) is 0. The van der Waals surface area contributed by atoms with Crippen LogP contribution in [0.4, 0.5) is 0 Å². The predicted octanol–water partition coefficient (Wildman–Crippen LogP) is 0.271. The Labute approximate surface area is 207 Å². The highest BCUT2D eigenvalue weighted by atomic mass is 16.4. The van der Waals surface area contributed by atoms with E-state index in [9.17, 15) is 39.6 Å². The molecule has 1 aliphatic rings. The van der Waals surface area contributed by atoms with Gasteiger partial charge in [-0.3, -0.25) is 38.8 Å². The summed E-state index contributed by atoms with van der Waals surface area (Å²) in [5.74, 6) is -3.87. The molecule has 0 spiro atoms. The van der Waals surface area contributed by atoms with Crippen molar-refractivity contribution in [1.82, 2.24) is 19.6 Å². The van der Waals surface area contributed by atoms with Crippen molar-refractivity contribution < 1.29 is 39.6 Å². The van der Waals surface area contributed by atoms with Crippen LogP contribution in [-0.2, 0) is 19.2 Å². The zero-order valence-corrected chi connectivity index (χ0v) is 21.3. The summed E-state index contributed by atoms with van der Waals surface area (Å²) in [6.45, 7) is 9.63. The Morgan fingerprint density at radius 1 is 0.429 bits per heavy atom. The summed E-state index contributed by atoms with van der Waals surface area (Å²) in [4.78, 5) is 53.8. The molecule has 0 radical (unpaired) electrons. The second kappa shape index (κ2) is 15.0. The van der Waals surface area contributed by atoms with Crippen LogP contribution in [0.5, 0.6) is 0 Å². The van der Waals surface area contributed by atoms with Crippen molar-refractivity contribution in [3.05, 3.63) is 0 Å². The molecule has 35 heavy (non-hydrogen) atoms. The second-order valence-corrected chi connectivity index (χ2v) is 9.26. The Kier molecular flexibility index (Phi) is 13.2. The van der Waals surface area contributed by atoms with Gasteiger partial charge >= 0.3 is 23.9 Å². The Morgan fingerprint density at radius 3 is 0.829 bits per heavy atom. The van der Waals surface area contributed by atoms with Crippen molar-refractivity contribution in [2.24, 2.45) is 0 Å². The minimum Gasteiger partial charge on any atom is -0.480 e. The van der Waals surface area contributed by atoms with Gasteiger partial charge in [-0.2, -0.15) is 0 Å². The van der Waals surface area contributed by atoms with Crippen LogP contribution in [0.2, 0.25) is 0 Å². The number of nitrogens with zero attached hydrogens (tertiary/aromatic N) is 4. The molecule has 12 nitrogen and oxygen atoms in total. The maximum absolute atomic E-state index is 11.7. The van der Waals surface area contributed by atoms with Gasteiger partial charge in [-0.05, 0) is 60.0 Å². The van der Waals surface area contributed by atoms with E-state index in [1.54, 1.807) is 37.5 Å². The molecule has 1 rings (SSSR count). The van der Waals surface area contributed by atoms with Gasteiger partial charge in [-0.25, -0.2) is 0 Å². The number of carboxylic acids is 4. The summed E-state index contributed by atoms with van der Waals surface area (Å²) in [6, 6.07) is -3.03. The molecule has 0 aromatic carbocycles. The summed E-state index contributed by atoms with van der Waals surface area (Å²) in [7, 11) is 0. The lowest BCUT2D eigenvalue weighted by molar-refractivity contribution is -0.145. The van der Waals surface area contributed by atoms with Crippen LogP contribution in [0, 0.1) is 0 Å². The summed E-state index contributed by atoms with van der Waals surface area (Å²) in [5, 5.41) is 38.2. The molecule has 4 unspecified atom stereocenters. The van der Waals surface area contributed by atoms with Crippen LogP contribution in [0.3, 0.4) is 0 Å². The number of rotatable bonds is 8. The Morgan fingerprint density at radius 2 is 0.629 bits per heavy atom. The van der Waals surface area contributed by atoms with E-state index in [1.807, 2.05) is 9.80 Å². The standard InChI is InChI=1S/C23H42N4O8/c1-16(20(28)29)24-8-5-6-9-25(17(2)21(30)31)13-15-27(19(4)23(34)35)11-7-10-26(14-12-24)18(3)22(32)33/h16-19H,5-15H2,1-4H3,(H,28,29)(H,30,31)(H,32,33)(H,34,35). The topological polar surface area (TPSA) is 162 Å². The first-order valence-corrected chi connectivity index (χ1v) is 12.2. The Hall–Kier alpha value is -2.28. The molecule has 12 heteroatoms. The lowest BCUT2D eigenvalue weighted by atomic mass is 10.2. The van der Waals surface area contributed by atoms with Crippen molar-refractivity contribution in [1.29, 1.82) is 0 Å². The molecule has 202 valence electrons. The Bertz CT molecular complexity index is 664. The first kappa shape index (κ1) is 30.8. The highest BCUT2D eigenvalue weighted by Crippen LogP contribution is 2.11. The third-order valence-electron chi connectivity index (χ3n) is 7.00. The minimum atomic E-state index is -0.977. The highest BCUT2D eigenvalue weighted by molar-refractivity contribution is 5.74. The zero-order chi connectivity index (χ0) is 26.7. The number of carboxylic acid groups (broad SMARTS) is 4. The van der Waals surface area contributed by atoms with Gasteiger partial charge in [0.25, 0.3) is 0 Å². The molecule has 0 aromatic heterocycles. The van der Waals surface area contributed by atoms with E-state index in [0.29, 0.717) is 71.6 Å². The van der Waals surface area contributed by atoms with E-state index in [1.165, 1.54) is 0 Å². The van der Waals surface area contributed by atoms with Crippen molar-refractivity contribution in [2.75, 3.05) is 52.4 Å². The van der Waals surface area contributed by atoms with Crippen LogP contribution >= 0.6 is 0 Å². The third-order valence-corrected chi connectivity index (χ3v) is 7.00. The van der Waals surface area contributed by atoms with E-state index in [-0.39, 0.29) is 0 Å². The molecule has 1 fully saturated rings. The van der Waals surface area contributed by atoms with Crippen LogP contribution in [0.1, 0.15) is 47.0 Å². The summed E-state index contributed by atoms with van der Waals surface area (Å²) < 4.78 is 0. The summed E-state index contributed by atoms with van der Waals surface area (Å²) in [6.07, 6.45) is 1.80. The number of carbonyl (C=O) groups is 4. The molecule has 4 N–H and O–H groups in total. The average Bonchev–Trinajstić information content (AvgIpc) is 2.80. The number of hydrogen-bond donors (Lipinski definition) is 4. The molecule has 0 aliphatic carbocycles. The SMILES string of the molecule is CC(C(=O)O)N1CCCCN(C(C)C(=O)O)CCN(C(C)C(=O)O)CCCN(C(C)C(=O)O)CC1. The average molecular weight is 503 g/mol. The molecule has 1 saturated heterocycles. The quantitative estimate of drug-likeness (QED) is 0.359. The van der Waals surface area contributed by atoms with Gasteiger partial charge in [-0.1, -0.05) is 0 Å². The molecule has 0 saturated carbocycles. The molecule has 1 aliphatic heterocycles. The molecule has 0 aromatic rings. The maximum atomic E-state index is 11.7. The van der Waals surface area contributed by atoms with Crippen molar-refractivity contribution in [3.63, 3.8) is 0 Å².